The Morgan fingerprint density at radius 2 is 2.42 bits per heavy atom. The Labute approximate surface area is 81.5 Å². The van der Waals surface area contributed by atoms with E-state index in [-0.39, 0.29) is 0 Å². The number of halogens is 1. The Hall–Kier alpha value is -0.570. The fourth-order valence-corrected chi connectivity index (χ4v) is 1.31. The van der Waals surface area contributed by atoms with Crippen LogP contribution in [0, 0.1) is 0 Å². The van der Waals surface area contributed by atoms with Crippen molar-refractivity contribution < 1.29 is 0 Å². The number of nitrogens with zero attached hydrogens (tertiary/aromatic N) is 1. The molecule has 0 atom stereocenters. The molecule has 0 aliphatic heterocycles. The summed E-state index contributed by atoms with van der Waals surface area (Å²) in [5.41, 5.74) is 1.07. The van der Waals surface area contributed by atoms with E-state index in [0.717, 1.165) is 16.8 Å². The van der Waals surface area contributed by atoms with Gasteiger partial charge in [0.05, 0.1) is 5.69 Å². The van der Waals surface area contributed by atoms with Crippen LogP contribution in [0.25, 0.3) is 0 Å². The number of nitrogens with one attached hydrogen (secondary N) is 1. The van der Waals surface area contributed by atoms with Gasteiger partial charge in [-0.3, -0.25) is 0 Å². The first kappa shape index (κ1) is 9.52. The molecule has 1 N–H and O–H groups in total. The maximum Gasteiger partial charge on any atom is 0.129 e. The van der Waals surface area contributed by atoms with E-state index in [1.807, 2.05) is 12.1 Å². The quantitative estimate of drug-likeness (QED) is 0.634. The molecule has 12 heavy (non-hydrogen) atoms. The minimum Gasteiger partial charge on any atom is -0.383 e. The van der Waals surface area contributed by atoms with Gasteiger partial charge in [0.25, 0.3) is 0 Å². The van der Waals surface area contributed by atoms with Crippen molar-refractivity contribution in [2.75, 3.05) is 11.9 Å². The number of anilines is 1. The number of hydrogen-bond acceptors (Lipinski definition) is 2. The molecule has 3 heteroatoms. The zero-order chi connectivity index (χ0) is 8.81. The molecule has 1 heterocycles. The zero-order valence-electron chi connectivity index (χ0n) is 7.18. The molecule has 0 aromatic carbocycles. The molecule has 0 unspecified atom stereocenters. The lowest BCUT2D eigenvalue weighted by atomic mass is 10.3. The van der Waals surface area contributed by atoms with Gasteiger partial charge in [-0.25, -0.2) is 4.98 Å². The molecule has 1 rings (SSSR count). The van der Waals surface area contributed by atoms with Gasteiger partial charge in [-0.15, -0.1) is 0 Å². The maximum atomic E-state index is 4.11. The number of unbranched alkanes of at least 4 members (excludes halogenated alkanes) is 1. The van der Waals surface area contributed by atoms with Crippen LogP contribution in [-0.4, -0.2) is 11.5 Å². The maximum absolute atomic E-state index is 4.11. The molecule has 1 aromatic rings. The third kappa shape index (κ3) is 2.81. The highest BCUT2D eigenvalue weighted by molar-refractivity contribution is 9.10. The summed E-state index contributed by atoms with van der Waals surface area (Å²) >= 11 is 3.37. The van der Waals surface area contributed by atoms with Gasteiger partial charge < -0.3 is 5.32 Å². The van der Waals surface area contributed by atoms with Crippen molar-refractivity contribution in [3.05, 3.63) is 22.9 Å². The van der Waals surface area contributed by atoms with Crippen LogP contribution in [0.5, 0.6) is 0 Å². The van der Waals surface area contributed by atoms with Crippen molar-refractivity contribution in [1.29, 1.82) is 0 Å². The Bertz CT molecular complexity index is 238. The lowest BCUT2D eigenvalue weighted by molar-refractivity contribution is 0.833. The molecule has 0 amide bonds. The summed E-state index contributed by atoms with van der Waals surface area (Å²) in [7, 11) is 0. The Balaban J connectivity index is 2.46. The van der Waals surface area contributed by atoms with Crippen LogP contribution in [0.2, 0.25) is 0 Å². The first-order chi connectivity index (χ1) is 5.84. The third-order valence-corrected chi connectivity index (χ3v) is 2.24. The van der Waals surface area contributed by atoms with Gasteiger partial charge in [0.1, 0.15) is 4.60 Å². The Morgan fingerprint density at radius 3 is 3.08 bits per heavy atom. The fourth-order valence-electron chi connectivity index (χ4n) is 0.918. The highest BCUT2D eigenvalue weighted by Crippen LogP contribution is 2.17. The fraction of sp³-hybridized carbons (Fsp3) is 0.444. The molecule has 0 aliphatic carbocycles. The number of rotatable bonds is 4. The molecule has 1 aromatic heterocycles. The molecule has 0 aliphatic rings. The summed E-state index contributed by atoms with van der Waals surface area (Å²) in [6.45, 7) is 3.20. The van der Waals surface area contributed by atoms with Crippen molar-refractivity contribution in [2.24, 2.45) is 0 Å². The lowest BCUT2D eigenvalue weighted by Crippen LogP contribution is -2.01. The summed E-state index contributed by atoms with van der Waals surface area (Å²) < 4.78 is 0.890. The van der Waals surface area contributed by atoms with Crippen LogP contribution in [0.3, 0.4) is 0 Å². The van der Waals surface area contributed by atoms with Gasteiger partial charge in [-0.1, -0.05) is 13.3 Å². The van der Waals surface area contributed by atoms with Crippen LogP contribution in [0.1, 0.15) is 19.8 Å². The van der Waals surface area contributed by atoms with Crippen LogP contribution >= 0.6 is 15.9 Å². The van der Waals surface area contributed by atoms with Crippen LogP contribution in [-0.2, 0) is 0 Å². The summed E-state index contributed by atoms with van der Waals surface area (Å²) in [4.78, 5) is 4.11. The van der Waals surface area contributed by atoms with Crippen molar-refractivity contribution in [2.45, 2.75) is 19.8 Å². The minimum absolute atomic E-state index is 0.890. The first-order valence-electron chi connectivity index (χ1n) is 4.19. The minimum atomic E-state index is 0.890. The second-order valence-corrected chi connectivity index (χ2v) is 3.37. The second-order valence-electron chi connectivity index (χ2n) is 2.62. The van der Waals surface area contributed by atoms with Crippen molar-refractivity contribution in [1.82, 2.24) is 4.98 Å². The zero-order valence-corrected chi connectivity index (χ0v) is 8.76. The molecule has 0 radical (unpaired) electrons. The smallest absolute Gasteiger partial charge is 0.129 e. The molecule has 2 nitrogen and oxygen atoms in total. The molecule has 0 spiro atoms. The number of aromatic nitrogens is 1. The van der Waals surface area contributed by atoms with Crippen LogP contribution in [0.15, 0.2) is 22.9 Å². The molecule has 0 saturated carbocycles. The SMILES string of the molecule is CCCCNc1cccnc1Br. The van der Waals surface area contributed by atoms with E-state index >= 15 is 0 Å². The van der Waals surface area contributed by atoms with Crippen molar-refractivity contribution in [3.8, 4) is 0 Å². The molecular formula is C9H13BrN2. The van der Waals surface area contributed by atoms with E-state index in [1.54, 1.807) is 6.20 Å². The largest absolute Gasteiger partial charge is 0.383 e. The summed E-state index contributed by atoms with van der Waals surface area (Å²) in [5.74, 6) is 0. The summed E-state index contributed by atoms with van der Waals surface area (Å²) in [6.07, 6.45) is 4.18. The van der Waals surface area contributed by atoms with Gasteiger partial charge >= 0.3 is 0 Å². The molecule has 0 fully saturated rings. The van der Waals surface area contributed by atoms with Crippen molar-refractivity contribution in [3.63, 3.8) is 0 Å². The monoisotopic (exact) mass is 228 g/mol. The van der Waals surface area contributed by atoms with Gasteiger partial charge in [0, 0.05) is 12.7 Å². The number of pyridine rings is 1. The molecule has 0 saturated heterocycles. The topological polar surface area (TPSA) is 24.9 Å². The molecule has 0 bridgehead atoms. The van der Waals surface area contributed by atoms with Crippen molar-refractivity contribution >= 4 is 21.6 Å². The standard InChI is InChI=1S/C9H13BrN2/c1-2-3-6-11-8-5-4-7-12-9(8)10/h4-5,7,11H,2-3,6H2,1H3. The highest BCUT2D eigenvalue weighted by atomic mass is 79.9. The normalized spacial score (nSPS) is 9.83. The van der Waals surface area contributed by atoms with Crippen LogP contribution in [0.4, 0.5) is 5.69 Å². The average Bonchev–Trinajstić information content (AvgIpc) is 2.09. The van der Waals surface area contributed by atoms with E-state index in [9.17, 15) is 0 Å². The summed E-state index contributed by atoms with van der Waals surface area (Å²) in [6, 6.07) is 3.95. The van der Waals surface area contributed by atoms with E-state index in [0.29, 0.717) is 0 Å². The predicted molar refractivity (Wildman–Crippen MR) is 55.3 cm³/mol. The van der Waals surface area contributed by atoms with Gasteiger partial charge in [0.2, 0.25) is 0 Å². The van der Waals surface area contributed by atoms with Gasteiger partial charge in [-0.2, -0.15) is 0 Å². The average molecular weight is 229 g/mol. The van der Waals surface area contributed by atoms with Gasteiger partial charge in [0.15, 0.2) is 0 Å². The summed E-state index contributed by atoms with van der Waals surface area (Å²) in [5, 5.41) is 3.30. The second kappa shape index (κ2) is 5.14. The Kier molecular flexibility index (Phi) is 4.08. The van der Waals surface area contributed by atoms with Crippen LogP contribution < -0.4 is 5.32 Å². The number of hydrogen-bond donors (Lipinski definition) is 1. The molecule has 66 valence electrons. The predicted octanol–water partition coefficient (Wildman–Crippen LogP) is 3.06. The first-order valence-corrected chi connectivity index (χ1v) is 4.98. The highest BCUT2D eigenvalue weighted by Gasteiger charge is 1.96. The van der Waals surface area contributed by atoms with E-state index < -0.39 is 0 Å². The van der Waals surface area contributed by atoms with E-state index in [2.05, 4.69) is 33.2 Å². The van der Waals surface area contributed by atoms with E-state index in [4.69, 9.17) is 0 Å². The van der Waals surface area contributed by atoms with Gasteiger partial charge in [-0.05, 0) is 34.5 Å². The Morgan fingerprint density at radius 1 is 1.58 bits per heavy atom. The molecular weight excluding hydrogens is 216 g/mol. The lowest BCUT2D eigenvalue weighted by Gasteiger charge is -2.05. The third-order valence-electron chi connectivity index (χ3n) is 1.60. The van der Waals surface area contributed by atoms with E-state index in [1.165, 1.54) is 12.8 Å².